The van der Waals surface area contributed by atoms with Crippen LogP contribution in [-0.2, 0) is 21.1 Å². The summed E-state index contributed by atoms with van der Waals surface area (Å²) >= 11 is 0. The van der Waals surface area contributed by atoms with Crippen LogP contribution in [0.5, 0.6) is 0 Å². The number of rotatable bonds is 0. The van der Waals surface area contributed by atoms with E-state index < -0.39 is 0 Å². The molecule has 1 aliphatic rings. The van der Waals surface area contributed by atoms with Crippen molar-refractivity contribution < 1.29 is 13.7 Å². The van der Waals surface area contributed by atoms with E-state index in [4.69, 9.17) is 19.9 Å². The van der Waals surface area contributed by atoms with Gasteiger partial charge in [0.05, 0.1) is 16.7 Å². The average Bonchev–Trinajstić information content (AvgIpc) is 3.85. The average molecular weight is 735 g/mol. The number of hydrogen-bond acceptors (Lipinski definition) is 4. The van der Waals surface area contributed by atoms with Crippen molar-refractivity contribution >= 4 is 44.1 Å². The van der Waals surface area contributed by atoms with E-state index in [2.05, 4.69) is 57.6 Å². The number of H-pyrrole nitrogens is 2. The van der Waals surface area contributed by atoms with E-state index in [9.17, 15) is 0 Å². The molecule has 0 unspecified atom stereocenters. The quantitative estimate of drug-likeness (QED) is 0.148. The van der Waals surface area contributed by atoms with Gasteiger partial charge in [-0.2, -0.15) is 0 Å². The Morgan fingerprint density at radius 3 is 1.26 bits per heavy atom. The molecule has 0 saturated carbocycles. The van der Waals surface area contributed by atoms with Crippen LogP contribution >= 0.6 is 0 Å². The van der Waals surface area contributed by atoms with E-state index in [1.54, 1.807) is 0 Å². The van der Waals surface area contributed by atoms with Crippen molar-refractivity contribution in [1.29, 1.82) is 0 Å². The first kappa shape index (κ1) is 33.4. The first-order valence-electron chi connectivity index (χ1n) is 18.4. The van der Waals surface area contributed by atoms with Gasteiger partial charge < -0.3 is 9.97 Å². The summed E-state index contributed by atoms with van der Waals surface area (Å²) in [6.45, 7) is 0. The molecule has 3 aromatic carbocycles. The maximum absolute atomic E-state index is 5.18. The minimum absolute atomic E-state index is 0.528. The van der Waals surface area contributed by atoms with Gasteiger partial charge in [-0.25, -0.2) is 33.6 Å². The Kier molecular flexibility index (Phi) is 7.96. The summed E-state index contributed by atoms with van der Waals surface area (Å²) in [4.78, 5) is 27.6. The Balaban J connectivity index is 1.20. The zero-order valence-corrected chi connectivity index (χ0v) is 31.3. The summed E-state index contributed by atoms with van der Waals surface area (Å²) in [5.74, 6) is 21.0. The molecule has 1 aliphatic heterocycles. The highest BCUT2D eigenvalue weighted by Crippen LogP contribution is 2.36. The Morgan fingerprint density at radius 1 is 0.386 bits per heavy atom. The Bertz CT molecular complexity index is 3430. The summed E-state index contributed by atoms with van der Waals surface area (Å²) in [6, 6.07) is 30.3. The van der Waals surface area contributed by atoms with E-state index in [1.807, 2.05) is 151 Å². The molecule has 0 radical (unpaired) electrons. The second-order valence-electron chi connectivity index (χ2n) is 14.0. The minimum atomic E-state index is 0.528. The second-order valence-corrected chi connectivity index (χ2v) is 14.0. The van der Waals surface area contributed by atoms with Crippen LogP contribution in [-0.4, -0.2) is 29.9 Å². The lowest BCUT2D eigenvalue weighted by Gasteiger charge is -2.00. The van der Waals surface area contributed by atoms with Crippen molar-refractivity contribution in [3.8, 4) is 58.3 Å². The summed E-state index contributed by atoms with van der Waals surface area (Å²) in [5, 5.41) is 3.58. The number of aromatic amines is 2. The zero-order valence-electron chi connectivity index (χ0n) is 31.3. The molecule has 0 atom stereocenters. The van der Waals surface area contributed by atoms with E-state index >= 15 is 0 Å². The monoisotopic (exact) mass is 734 g/mol. The van der Waals surface area contributed by atoms with Gasteiger partial charge in [0.1, 0.15) is 43.7 Å². The Labute approximate surface area is 327 Å². The van der Waals surface area contributed by atoms with Crippen molar-refractivity contribution in [1.82, 2.24) is 29.9 Å². The van der Waals surface area contributed by atoms with E-state index in [-0.39, 0.29) is 0 Å². The fourth-order valence-electron chi connectivity index (χ4n) is 7.03. The first-order chi connectivity index (χ1) is 27.9. The van der Waals surface area contributed by atoms with E-state index in [1.165, 1.54) is 0 Å². The minimum Gasteiger partial charge on any atom is -0.324 e. The van der Waals surface area contributed by atoms with E-state index in [0.29, 0.717) is 34.2 Å². The zero-order chi connectivity index (χ0) is 38.5. The van der Waals surface area contributed by atoms with Gasteiger partial charge in [-0.05, 0) is 72.8 Å². The van der Waals surface area contributed by atoms with Gasteiger partial charge in [-0.3, -0.25) is 0 Å². The highest BCUT2D eigenvalue weighted by atomic mass is 15.0. The van der Waals surface area contributed by atoms with Crippen LogP contribution in [0.2, 0.25) is 0 Å². The maximum Gasteiger partial charge on any atom is 0.184 e. The van der Waals surface area contributed by atoms with Crippen LogP contribution in [0.25, 0.3) is 66.9 Å². The third-order valence-electron chi connectivity index (χ3n) is 9.78. The molecule has 2 N–H and O–H groups in total. The van der Waals surface area contributed by atoms with Gasteiger partial charge in [-0.15, -0.1) is 0 Å². The Morgan fingerprint density at radius 2 is 0.789 bits per heavy atom. The fourth-order valence-corrected chi connectivity index (χ4v) is 7.03. The highest BCUT2D eigenvalue weighted by molar-refractivity contribution is 6.08. The molecular formula is C48H32N9+3. The molecule has 0 fully saturated rings. The number of benzene rings is 3. The molecule has 57 heavy (non-hydrogen) atoms. The van der Waals surface area contributed by atoms with Crippen molar-refractivity contribution in [3.63, 3.8) is 0 Å². The molecule has 9 heteroatoms. The van der Waals surface area contributed by atoms with Crippen molar-refractivity contribution in [2.24, 2.45) is 21.1 Å². The van der Waals surface area contributed by atoms with Gasteiger partial charge in [-0.1, -0.05) is 35.5 Å². The van der Waals surface area contributed by atoms with Crippen LogP contribution < -0.4 is 13.7 Å². The molecule has 266 valence electrons. The molecular weight excluding hydrogens is 703 g/mol. The molecule has 0 amide bonds. The molecule has 6 bridgehead atoms. The summed E-state index contributed by atoms with van der Waals surface area (Å²) in [7, 11) is 5.96. The standard InChI is InChI=1S/C48H32N9/c1-55-22-4-7-34(28-55)13-10-31-16-19-37-40(25-31)46-50-43(37)49-44-38-20-17-32(11-14-35-8-5-23-56(2)29-35)26-41(38)47(51-44)54-48-42-27-33(18-21-39(42)45(52-46)53-48)12-15-36-9-6-24-57(3)30-36/h4-9,16-30H,1-3H3,(H2,49,50,51,52,53,54)/q+3. The smallest absolute Gasteiger partial charge is 0.184 e. The molecule has 0 aliphatic carbocycles. The normalized spacial score (nSPS) is 11.0. The number of nitrogens with one attached hydrogen (secondary N) is 2. The largest absolute Gasteiger partial charge is 0.324 e. The Hall–Kier alpha value is -8.19. The van der Waals surface area contributed by atoms with Crippen molar-refractivity contribution in [3.05, 3.63) is 162 Å². The SMILES string of the molecule is C[n+]1cccc(C#Cc2ccc3c(c2)-c2nc-3nc3[nH]c(nc4[nH]c(n2)c2cc(C#Cc5ccc[n+](C)c5)ccc42)c2ccc(C#Cc4ccc[n+](C)c4)cc32)c1. The lowest BCUT2D eigenvalue weighted by molar-refractivity contribution is -0.671. The third kappa shape index (κ3) is 6.55. The van der Waals surface area contributed by atoms with Crippen molar-refractivity contribution in [2.45, 2.75) is 0 Å². The number of aromatic nitrogens is 9. The second kappa shape index (κ2) is 13.6. The molecule has 7 heterocycles. The number of aryl methyl sites for hydroxylation is 3. The molecule has 10 rings (SSSR count). The lowest BCUT2D eigenvalue weighted by Crippen LogP contribution is -2.26. The van der Waals surface area contributed by atoms with Gasteiger partial charge >= 0.3 is 0 Å². The molecule has 0 saturated heterocycles. The van der Waals surface area contributed by atoms with Crippen LogP contribution in [0.4, 0.5) is 0 Å². The number of fused-ring (bicyclic) bond motifs is 15. The van der Waals surface area contributed by atoms with Gasteiger partial charge in [0.2, 0.25) is 0 Å². The number of hydrogen-bond donors (Lipinski definition) is 2. The molecule has 9 aromatic rings. The topological polar surface area (TPSA) is 94.8 Å². The van der Waals surface area contributed by atoms with Crippen LogP contribution in [0.3, 0.4) is 0 Å². The lowest BCUT2D eigenvalue weighted by atomic mass is 10.0. The summed E-state index contributed by atoms with van der Waals surface area (Å²) in [5.41, 5.74) is 9.61. The third-order valence-corrected chi connectivity index (χ3v) is 9.78. The first-order valence-corrected chi connectivity index (χ1v) is 18.4. The maximum atomic E-state index is 5.18. The highest BCUT2D eigenvalue weighted by Gasteiger charge is 2.21. The molecule has 0 spiro atoms. The predicted molar refractivity (Wildman–Crippen MR) is 219 cm³/mol. The van der Waals surface area contributed by atoms with Gasteiger partial charge in [0.15, 0.2) is 48.8 Å². The fraction of sp³-hybridized carbons (Fsp3) is 0.0625. The summed E-state index contributed by atoms with van der Waals surface area (Å²) < 4.78 is 5.96. The van der Waals surface area contributed by atoms with Gasteiger partial charge in [0, 0.05) is 67.6 Å². The summed E-state index contributed by atoms with van der Waals surface area (Å²) in [6.07, 6.45) is 12.0. The van der Waals surface area contributed by atoms with Crippen LogP contribution in [0.1, 0.15) is 33.4 Å². The molecule has 9 nitrogen and oxygen atoms in total. The predicted octanol–water partition coefficient (Wildman–Crippen LogP) is 5.98. The number of nitrogens with zero attached hydrogens (tertiary/aromatic N) is 7. The van der Waals surface area contributed by atoms with Crippen LogP contribution in [0.15, 0.2) is 128 Å². The van der Waals surface area contributed by atoms with Gasteiger partial charge in [0.25, 0.3) is 0 Å². The van der Waals surface area contributed by atoms with Crippen LogP contribution in [0, 0.1) is 35.5 Å². The molecule has 6 aromatic heterocycles. The van der Waals surface area contributed by atoms with Crippen molar-refractivity contribution in [2.75, 3.05) is 0 Å². The number of pyridine rings is 3. The van der Waals surface area contributed by atoms with E-state index in [0.717, 1.165) is 66.1 Å².